The summed E-state index contributed by atoms with van der Waals surface area (Å²) < 4.78 is 0. The third-order valence-corrected chi connectivity index (χ3v) is 3.76. The van der Waals surface area contributed by atoms with Gasteiger partial charge in [0.15, 0.2) is 0 Å². The molecule has 1 aliphatic carbocycles. The van der Waals surface area contributed by atoms with Crippen molar-refractivity contribution in [3.05, 3.63) is 18.0 Å². The molecule has 0 spiro atoms. The largest absolute Gasteiger partial charge is 0.354 e. The molecular formula is C14H24N4. The minimum atomic E-state index is 0.451. The maximum Gasteiger partial charge on any atom is 0.222 e. The van der Waals surface area contributed by atoms with Crippen LogP contribution in [0.25, 0.3) is 0 Å². The molecular weight excluding hydrogens is 224 g/mol. The highest BCUT2D eigenvalue weighted by Gasteiger charge is 2.16. The van der Waals surface area contributed by atoms with Crippen LogP contribution in [0.15, 0.2) is 12.4 Å². The van der Waals surface area contributed by atoms with Gasteiger partial charge in [0.2, 0.25) is 5.95 Å². The molecule has 0 radical (unpaired) electrons. The minimum absolute atomic E-state index is 0.451. The summed E-state index contributed by atoms with van der Waals surface area (Å²) in [7, 11) is 0. The van der Waals surface area contributed by atoms with Gasteiger partial charge in [-0.2, -0.15) is 0 Å². The van der Waals surface area contributed by atoms with E-state index in [9.17, 15) is 0 Å². The van der Waals surface area contributed by atoms with E-state index in [1.165, 1.54) is 37.7 Å². The molecule has 1 aromatic heterocycles. The van der Waals surface area contributed by atoms with E-state index in [0.29, 0.717) is 18.4 Å². The molecule has 1 unspecified atom stereocenters. The molecule has 0 amide bonds. The highest BCUT2D eigenvalue weighted by Crippen LogP contribution is 2.31. The van der Waals surface area contributed by atoms with Crippen LogP contribution in [-0.2, 0) is 0 Å². The van der Waals surface area contributed by atoms with Gasteiger partial charge in [-0.25, -0.2) is 9.97 Å². The third kappa shape index (κ3) is 3.67. The first-order chi connectivity index (χ1) is 8.79. The predicted octanol–water partition coefficient (Wildman–Crippen LogP) is 2.53. The molecule has 0 bridgehead atoms. The topological polar surface area (TPSA) is 63.8 Å². The second kappa shape index (κ2) is 6.69. The number of hydrogen-bond acceptors (Lipinski definition) is 4. The second-order valence-electron chi connectivity index (χ2n) is 5.40. The molecule has 1 atom stereocenters. The monoisotopic (exact) mass is 248 g/mol. The van der Waals surface area contributed by atoms with Gasteiger partial charge in [-0.05, 0) is 36.8 Å². The van der Waals surface area contributed by atoms with E-state index in [-0.39, 0.29) is 0 Å². The molecule has 18 heavy (non-hydrogen) atoms. The second-order valence-corrected chi connectivity index (χ2v) is 5.40. The summed E-state index contributed by atoms with van der Waals surface area (Å²) in [6, 6.07) is 0. The molecule has 1 heterocycles. The molecule has 0 aliphatic heterocycles. The van der Waals surface area contributed by atoms with E-state index < -0.39 is 0 Å². The summed E-state index contributed by atoms with van der Waals surface area (Å²) in [6.45, 7) is 3.63. The van der Waals surface area contributed by atoms with Crippen LogP contribution in [0.2, 0.25) is 0 Å². The zero-order chi connectivity index (χ0) is 12.8. The zero-order valence-electron chi connectivity index (χ0n) is 11.2. The Morgan fingerprint density at radius 2 is 1.94 bits per heavy atom. The van der Waals surface area contributed by atoms with Crippen LogP contribution in [0.5, 0.6) is 0 Å². The van der Waals surface area contributed by atoms with Crippen LogP contribution >= 0.6 is 0 Å². The Hall–Kier alpha value is -1.16. The maximum atomic E-state index is 5.58. The Bertz CT molecular complexity index is 343. The lowest BCUT2D eigenvalue weighted by atomic mass is 9.85. The van der Waals surface area contributed by atoms with Crippen LogP contribution < -0.4 is 11.1 Å². The highest BCUT2D eigenvalue weighted by molar-refractivity contribution is 5.26. The molecule has 0 aromatic carbocycles. The van der Waals surface area contributed by atoms with Crippen LogP contribution in [-0.4, -0.2) is 23.1 Å². The molecule has 1 aromatic rings. The first-order valence-electron chi connectivity index (χ1n) is 7.05. The molecule has 2 rings (SSSR count). The number of nitrogens with two attached hydrogens (primary N) is 1. The van der Waals surface area contributed by atoms with Crippen molar-refractivity contribution >= 4 is 5.95 Å². The fourth-order valence-electron chi connectivity index (χ4n) is 2.42. The first kappa shape index (κ1) is 13.3. The molecule has 4 nitrogen and oxygen atoms in total. The van der Waals surface area contributed by atoms with Gasteiger partial charge in [0.1, 0.15) is 0 Å². The number of aromatic nitrogens is 2. The van der Waals surface area contributed by atoms with Crippen LogP contribution in [0.4, 0.5) is 5.95 Å². The fourth-order valence-corrected chi connectivity index (χ4v) is 2.42. The average molecular weight is 248 g/mol. The van der Waals surface area contributed by atoms with Crippen molar-refractivity contribution in [3.63, 3.8) is 0 Å². The van der Waals surface area contributed by atoms with Crippen LogP contribution in [0.3, 0.4) is 0 Å². The van der Waals surface area contributed by atoms with Gasteiger partial charge >= 0.3 is 0 Å². The first-order valence-corrected chi connectivity index (χ1v) is 7.05. The van der Waals surface area contributed by atoms with Gasteiger partial charge in [0.05, 0.1) is 0 Å². The molecule has 1 fully saturated rings. The lowest BCUT2D eigenvalue weighted by molar-refractivity contribution is 0.442. The lowest BCUT2D eigenvalue weighted by Crippen LogP contribution is -2.20. The van der Waals surface area contributed by atoms with E-state index in [4.69, 9.17) is 5.73 Å². The van der Waals surface area contributed by atoms with Crippen molar-refractivity contribution in [1.29, 1.82) is 0 Å². The molecule has 100 valence electrons. The van der Waals surface area contributed by atoms with E-state index in [2.05, 4.69) is 22.2 Å². The third-order valence-electron chi connectivity index (χ3n) is 3.76. The van der Waals surface area contributed by atoms with Crippen LogP contribution in [0.1, 0.15) is 50.5 Å². The summed E-state index contributed by atoms with van der Waals surface area (Å²) >= 11 is 0. The molecule has 0 saturated heterocycles. The molecule has 3 N–H and O–H groups in total. The summed E-state index contributed by atoms with van der Waals surface area (Å²) in [5.41, 5.74) is 6.88. The predicted molar refractivity (Wildman–Crippen MR) is 74.6 cm³/mol. The number of nitrogens with zero attached hydrogens (tertiary/aromatic N) is 2. The Morgan fingerprint density at radius 1 is 1.28 bits per heavy atom. The van der Waals surface area contributed by atoms with Gasteiger partial charge in [-0.1, -0.05) is 26.2 Å². The minimum Gasteiger partial charge on any atom is -0.354 e. The van der Waals surface area contributed by atoms with E-state index in [1.807, 2.05) is 12.4 Å². The van der Waals surface area contributed by atoms with Gasteiger partial charge in [-0.3, -0.25) is 0 Å². The Balaban J connectivity index is 1.88. The SMILES string of the molecule is CC(CN)CNc1ncc(C2CCCCC2)cn1. The fraction of sp³-hybridized carbons (Fsp3) is 0.714. The van der Waals surface area contributed by atoms with Crippen molar-refractivity contribution in [2.24, 2.45) is 11.7 Å². The summed E-state index contributed by atoms with van der Waals surface area (Å²) in [6.07, 6.45) is 10.6. The van der Waals surface area contributed by atoms with E-state index in [1.54, 1.807) is 0 Å². The standard InChI is InChI=1S/C14H24N4/c1-11(7-15)8-16-14-17-9-13(10-18-14)12-5-3-2-4-6-12/h9-12H,2-8,15H2,1H3,(H,16,17,18). The Labute approximate surface area is 109 Å². The van der Waals surface area contributed by atoms with Gasteiger partial charge in [-0.15, -0.1) is 0 Å². The highest BCUT2D eigenvalue weighted by atomic mass is 15.1. The van der Waals surface area contributed by atoms with Gasteiger partial charge in [0.25, 0.3) is 0 Å². The normalized spacial score (nSPS) is 18.6. The number of anilines is 1. The number of nitrogens with one attached hydrogen (secondary N) is 1. The lowest BCUT2D eigenvalue weighted by Gasteiger charge is -2.21. The molecule has 1 saturated carbocycles. The molecule has 1 aliphatic rings. The van der Waals surface area contributed by atoms with Crippen molar-refractivity contribution in [1.82, 2.24) is 9.97 Å². The summed E-state index contributed by atoms with van der Waals surface area (Å²) in [5.74, 6) is 1.84. The van der Waals surface area contributed by atoms with E-state index >= 15 is 0 Å². The Morgan fingerprint density at radius 3 is 2.56 bits per heavy atom. The summed E-state index contributed by atoms with van der Waals surface area (Å²) in [4.78, 5) is 8.79. The maximum absolute atomic E-state index is 5.58. The number of hydrogen-bond donors (Lipinski definition) is 2. The average Bonchev–Trinajstić information content (AvgIpc) is 2.46. The van der Waals surface area contributed by atoms with Gasteiger partial charge in [0, 0.05) is 18.9 Å². The smallest absolute Gasteiger partial charge is 0.222 e. The molecule has 4 heteroatoms. The van der Waals surface area contributed by atoms with Gasteiger partial charge < -0.3 is 11.1 Å². The van der Waals surface area contributed by atoms with Crippen molar-refractivity contribution < 1.29 is 0 Å². The van der Waals surface area contributed by atoms with Crippen molar-refractivity contribution in [2.75, 3.05) is 18.4 Å². The van der Waals surface area contributed by atoms with Crippen molar-refractivity contribution in [2.45, 2.75) is 44.9 Å². The van der Waals surface area contributed by atoms with Crippen molar-refractivity contribution in [3.8, 4) is 0 Å². The van der Waals surface area contributed by atoms with Crippen LogP contribution in [0, 0.1) is 5.92 Å². The quantitative estimate of drug-likeness (QED) is 0.840. The Kier molecular flexibility index (Phi) is 4.93. The number of rotatable bonds is 5. The van der Waals surface area contributed by atoms with E-state index in [0.717, 1.165) is 12.5 Å². The zero-order valence-corrected chi connectivity index (χ0v) is 11.2. The summed E-state index contributed by atoms with van der Waals surface area (Å²) in [5, 5.41) is 3.22.